The van der Waals surface area contributed by atoms with Gasteiger partial charge in [-0.05, 0) is 36.2 Å². The van der Waals surface area contributed by atoms with E-state index in [1.165, 1.54) is 31.1 Å². The SMILES string of the molecule is CCCN1C(=O)C(=O)/C(=C(/O)c2cc(Cl)cc(Cl)c2OC)C1c1ccc(OC(C)=O)cc1. The van der Waals surface area contributed by atoms with Crippen molar-refractivity contribution < 1.29 is 29.0 Å². The van der Waals surface area contributed by atoms with Gasteiger partial charge < -0.3 is 19.5 Å². The third-order valence-electron chi connectivity index (χ3n) is 4.93. The van der Waals surface area contributed by atoms with Gasteiger partial charge in [0.1, 0.15) is 17.3 Å². The molecule has 0 spiro atoms. The quantitative estimate of drug-likeness (QED) is 0.212. The fraction of sp³-hybridized carbons (Fsp3) is 0.261. The number of amides is 1. The molecule has 0 aliphatic carbocycles. The van der Waals surface area contributed by atoms with Gasteiger partial charge in [-0.1, -0.05) is 42.3 Å². The van der Waals surface area contributed by atoms with Gasteiger partial charge in [0, 0.05) is 18.5 Å². The lowest BCUT2D eigenvalue weighted by Crippen LogP contribution is -2.30. The van der Waals surface area contributed by atoms with Crippen LogP contribution in [-0.2, 0) is 14.4 Å². The number of nitrogens with zero attached hydrogens (tertiary/aromatic N) is 1. The second-order valence-corrected chi connectivity index (χ2v) is 7.97. The van der Waals surface area contributed by atoms with Crippen LogP contribution >= 0.6 is 23.2 Å². The molecule has 9 heteroatoms. The molecule has 7 nitrogen and oxygen atoms in total. The van der Waals surface area contributed by atoms with Crippen molar-refractivity contribution in [3.63, 3.8) is 0 Å². The first-order chi connectivity index (χ1) is 15.2. The van der Waals surface area contributed by atoms with Crippen molar-refractivity contribution in [1.29, 1.82) is 0 Å². The van der Waals surface area contributed by atoms with Crippen LogP contribution in [0.25, 0.3) is 5.76 Å². The zero-order valence-electron chi connectivity index (χ0n) is 17.6. The molecule has 0 radical (unpaired) electrons. The van der Waals surface area contributed by atoms with E-state index in [4.69, 9.17) is 32.7 Å². The van der Waals surface area contributed by atoms with Gasteiger partial charge >= 0.3 is 5.97 Å². The van der Waals surface area contributed by atoms with Gasteiger partial charge in [-0.15, -0.1) is 0 Å². The van der Waals surface area contributed by atoms with Gasteiger partial charge in [-0.3, -0.25) is 14.4 Å². The Bertz CT molecular complexity index is 1110. The normalized spacial score (nSPS) is 17.5. The molecule has 1 saturated heterocycles. The lowest BCUT2D eigenvalue weighted by atomic mass is 9.95. The maximum Gasteiger partial charge on any atom is 0.308 e. The van der Waals surface area contributed by atoms with Crippen molar-refractivity contribution in [2.24, 2.45) is 0 Å². The Morgan fingerprint density at radius 1 is 1.16 bits per heavy atom. The molecule has 32 heavy (non-hydrogen) atoms. The molecule has 0 bridgehead atoms. The summed E-state index contributed by atoms with van der Waals surface area (Å²) in [5.41, 5.74) is 0.545. The van der Waals surface area contributed by atoms with Gasteiger partial charge in [0.15, 0.2) is 0 Å². The van der Waals surface area contributed by atoms with E-state index in [1.807, 2.05) is 6.92 Å². The number of hydrogen-bond acceptors (Lipinski definition) is 6. The molecule has 1 heterocycles. The van der Waals surface area contributed by atoms with Crippen molar-refractivity contribution in [3.05, 3.63) is 63.1 Å². The summed E-state index contributed by atoms with van der Waals surface area (Å²) in [7, 11) is 1.37. The third-order valence-corrected chi connectivity index (χ3v) is 5.43. The van der Waals surface area contributed by atoms with Crippen LogP contribution in [0.4, 0.5) is 0 Å². The predicted molar refractivity (Wildman–Crippen MR) is 120 cm³/mol. The number of esters is 1. The Balaban J connectivity index is 2.21. The first-order valence-electron chi connectivity index (χ1n) is 9.79. The minimum Gasteiger partial charge on any atom is -0.507 e. The predicted octanol–water partition coefficient (Wildman–Crippen LogP) is 4.76. The van der Waals surface area contributed by atoms with Gasteiger partial charge in [0.05, 0.1) is 29.3 Å². The number of carbonyl (C=O) groups excluding carboxylic acids is 3. The van der Waals surface area contributed by atoms with Crippen molar-refractivity contribution in [2.75, 3.05) is 13.7 Å². The van der Waals surface area contributed by atoms with Crippen molar-refractivity contribution in [2.45, 2.75) is 26.3 Å². The van der Waals surface area contributed by atoms with Crippen molar-refractivity contribution >= 4 is 46.6 Å². The molecule has 1 unspecified atom stereocenters. The second kappa shape index (κ2) is 9.63. The fourth-order valence-corrected chi connectivity index (χ4v) is 4.24. The molecule has 0 saturated carbocycles. The lowest BCUT2D eigenvalue weighted by molar-refractivity contribution is -0.139. The standard InChI is InChI=1S/C23H21Cl2NO6/c1-4-9-26-19(13-5-7-15(8-6-13)32-12(2)27)18(21(29)23(26)30)20(28)16-10-14(24)11-17(25)22(16)31-3/h5-8,10-11,19,28H,4,9H2,1-3H3/b20-18+. The average molecular weight is 478 g/mol. The van der Waals surface area contributed by atoms with Gasteiger partial charge in [-0.25, -0.2) is 0 Å². The first-order valence-corrected chi connectivity index (χ1v) is 10.5. The summed E-state index contributed by atoms with van der Waals surface area (Å²) in [6.45, 7) is 3.46. The molecule has 1 fully saturated rings. The highest BCUT2D eigenvalue weighted by molar-refractivity contribution is 6.46. The smallest absolute Gasteiger partial charge is 0.308 e. The monoisotopic (exact) mass is 477 g/mol. The number of ketones is 1. The van der Waals surface area contributed by atoms with E-state index >= 15 is 0 Å². The topological polar surface area (TPSA) is 93.1 Å². The second-order valence-electron chi connectivity index (χ2n) is 7.12. The van der Waals surface area contributed by atoms with Crippen LogP contribution in [0.15, 0.2) is 42.0 Å². The van der Waals surface area contributed by atoms with Crippen LogP contribution in [-0.4, -0.2) is 41.3 Å². The molecule has 1 amide bonds. The van der Waals surface area contributed by atoms with Gasteiger partial charge in [0.2, 0.25) is 0 Å². The Morgan fingerprint density at radius 2 is 1.81 bits per heavy atom. The fourth-order valence-electron chi connectivity index (χ4n) is 3.67. The van der Waals surface area contributed by atoms with E-state index in [0.29, 0.717) is 24.3 Å². The first kappa shape index (κ1) is 23.6. The highest BCUT2D eigenvalue weighted by Gasteiger charge is 2.46. The summed E-state index contributed by atoms with van der Waals surface area (Å²) < 4.78 is 10.4. The highest BCUT2D eigenvalue weighted by Crippen LogP contribution is 2.43. The van der Waals surface area contributed by atoms with Crippen molar-refractivity contribution in [3.8, 4) is 11.5 Å². The number of ether oxygens (including phenoxy) is 2. The Hall–Kier alpha value is -3.03. The van der Waals surface area contributed by atoms with E-state index < -0.39 is 29.5 Å². The third kappa shape index (κ3) is 4.45. The largest absolute Gasteiger partial charge is 0.507 e. The number of methoxy groups -OCH3 is 1. The van der Waals surface area contributed by atoms with Crippen LogP contribution in [0.5, 0.6) is 11.5 Å². The Kier molecular flexibility index (Phi) is 7.11. The summed E-state index contributed by atoms with van der Waals surface area (Å²) in [6.07, 6.45) is 0.599. The van der Waals surface area contributed by atoms with Gasteiger partial charge in [-0.2, -0.15) is 0 Å². The number of likely N-dealkylation sites (tertiary alicyclic amines) is 1. The molecule has 0 aromatic heterocycles. The summed E-state index contributed by atoms with van der Waals surface area (Å²) in [6, 6.07) is 8.37. The van der Waals surface area contributed by atoms with E-state index in [0.717, 1.165) is 0 Å². The van der Waals surface area contributed by atoms with Crippen molar-refractivity contribution in [1.82, 2.24) is 4.90 Å². The van der Waals surface area contributed by atoms with Crippen LogP contribution in [0.1, 0.15) is 37.4 Å². The summed E-state index contributed by atoms with van der Waals surface area (Å²) in [5, 5.41) is 11.5. The molecule has 2 aromatic carbocycles. The molecular weight excluding hydrogens is 457 g/mol. The number of benzene rings is 2. The summed E-state index contributed by atoms with van der Waals surface area (Å²) >= 11 is 12.3. The minimum absolute atomic E-state index is 0.0982. The number of carbonyl (C=O) groups is 3. The molecule has 1 aliphatic heterocycles. The molecule has 3 rings (SSSR count). The number of hydrogen-bond donors (Lipinski definition) is 1. The number of aliphatic hydroxyl groups is 1. The number of Topliss-reactive ketones (excluding diaryl/α,β-unsaturated/α-hetero) is 1. The Labute approximate surface area is 195 Å². The van der Waals surface area contributed by atoms with E-state index in [9.17, 15) is 19.5 Å². The number of rotatable bonds is 6. The summed E-state index contributed by atoms with van der Waals surface area (Å²) in [4.78, 5) is 38.4. The van der Waals surface area contributed by atoms with Crippen LogP contribution in [0.3, 0.4) is 0 Å². The van der Waals surface area contributed by atoms with E-state index in [-0.39, 0.29) is 26.9 Å². The minimum atomic E-state index is -0.858. The molecule has 1 N–H and O–H groups in total. The van der Waals surface area contributed by atoms with Crippen LogP contribution < -0.4 is 9.47 Å². The van der Waals surface area contributed by atoms with E-state index in [1.54, 1.807) is 24.3 Å². The number of aliphatic hydroxyl groups excluding tert-OH is 1. The highest BCUT2D eigenvalue weighted by atomic mass is 35.5. The molecular formula is C23H21Cl2NO6. The van der Waals surface area contributed by atoms with Crippen LogP contribution in [0, 0.1) is 0 Å². The molecule has 1 atom stereocenters. The maximum atomic E-state index is 13.0. The molecule has 2 aromatic rings. The lowest BCUT2D eigenvalue weighted by Gasteiger charge is -2.25. The zero-order chi connectivity index (χ0) is 23.6. The number of halogens is 2. The zero-order valence-corrected chi connectivity index (χ0v) is 19.2. The molecule has 168 valence electrons. The average Bonchev–Trinajstić information content (AvgIpc) is 2.98. The summed E-state index contributed by atoms with van der Waals surface area (Å²) in [5.74, 6) is -2.04. The van der Waals surface area contributed by atoms with Crippen LogP contribution in [0.2, 0.25) is 10.0 Å². The maximum absolute atomic E-state index is 13.0. The Morgan fingerprint density at radius 3 is 2.38 bits per heavy atom. The van der Waals surface area contributed by atoms with E-state index in [2.05, 4.69) is 0 Å². The molecule has 1 aliphatic rings. The van der Waals surface area contributed by atoms with Gasteiger partial charge in [0.25, 0.3) is 11.7 Å².